The first-order chi connectivity index (χ1) is 8.61. The van der Waals surface area contributed by atoms with Gasteiger partial charge in [-0.05, 0) is 25.2 Å². The molecule has 18 heavy (non-hydrogen) atoms. The molecular formula is C13H18N2O3. The Morgan fingerprint density at radius 3 is 2.50 bits per heavy atom. The Balaban J connectivity index is 2.29. The van der Waals surface area contributed by atoms with E-state index >= 15 is 0 Å². The first-order valence-corrected chi connectivity index (χ1v) is 5.96. The fourth-order valence-corrected chi connectivity index (χ4v) is 2.14. The number of benzene rings is 1. The number of methoxy groups -OCH3 is 1. The van der Waals surface area contributed by atoms with Gasteiger partial charge >= 0.3 is 5.97 Å². The minimum absolute atomic E-state index is 0.305. The van der Waals surface area contributed by atoms with Gasteiger partial charge in [0.05, 0.1) is 18.4 Å². The molecule has 1 aromatic carbocycles. The number of hydrogen-bond donors (Lipinski definition) is 1. The summed E-state index contributed by atoms with van der Waals surface area (Å²) in [5.41, 5.74) is 1.08. The average Bonchev–Trinajstić information content (AvgIpc) is 2.39. The number of carboxylic acids is 1. The smallest absolute Gasteiger partial charge is 0.337 e. The standard InChI is InChI=1S/C13H18N2O3/c1-14-5-7-15(8-6-14)12-4-3-10(18-2)9-11(12)13(16)17/h3-4,9H,5-8H2,1-2H3,(H,16,17). The second kappa shape index (κ2) is 5.27. The number of hydrogen-bond acceptors (Lipinski definition) is 4. The van der Waals surface area contributed by atoms with Gasteiger partial charge in [-0.1, -0.05) is 0 Å². The van der Waals surface area contributed by atoms with Crippen LogP contribution in [-0.4, -0.2) is 56.3 Å². The molecule has 5 heteroatoms. The Labute approximate surface area is 107 Å². The predicted octanol–water partition coefficient (Wildman–Crippen LogP) is 1.15. The maximum absolute atomic E-state index is 11.3. The lowest BCUT2D eigenvalue weighted by Gasteiger charge is -2.34. The molecule has 2 rings (SSSR count). The van der Waals surface area contributed by atoms with Crippen molar-refractivity contribution in [3.8, 4) is 5.75 Å². The van der Waals surface area contributed by atoms with Crippen LogP contribution in [0.1, 0.15) is 10.4 Å². The Bertz CT molecular complexity index is 440. The van der Waals surface area contributed by atoms with Crippen molar-refractivity contribution in [3.63, 3.8) is 0 Å². The van der Waals surface area contributed by atoms with E-state index in [-0.39, 0.29) is 0 Å². The molecule has 1 aromatic rings. The number of aromatic carboxylic acids is 1. The van der Waals surface area contributed by atoms with Crippen LogP contribution in [0.2, 0.25) is 0 Å². The summed E-state index contributed by atoms with van der Waals surface area (Å²) < 4.78 is 5.07. The van der Waals surface area contributed by atoms with Gasteiger partial charge in [0.2, 0.25) is 0 Å². The van der Waals surface area contributed by atoms with Crippen LogP contribution >= 0.6 is 0 Å². The number of carbonyl (C=O) groups is 1. The summed E-state index contributed by atoms with van der Waals surface area (Å²) in [6, 6.07) is 5.21. The third-order valence-corrected chi connectivity index (χ3v) is 3.28. The molecule has 1 aliphatic rings. The number of nitrogens with zero attached hydrogens (tertiary/aromatic N) is 2. The zero-order chi connectivity index (χ0) is 13.1. The van der Waals surface area contributed by atoms with Crippen LogP contribution in [0.25, 0.3) is 0 Å². The van der Waals surface area contributed by atoms with Crippen LogP contribution in [0.3, 0.4) is 0 Å². The second-order valence-electron chi connectivity index (χ2n) is 4.48. The molecule has 0 amide bonds. The van der Waals surface area contributed by atoms with E-state index in [2.05, 4.69) is 16.8 Å². The molecule has 1 aliphatic heterocycles. The molecule has 0 spiro atoms. The molecule has 0 aromatic heterocycles. The van der Waals surface area contributed by atoms with Crippen molar-refractivity contribution in [2.45, 2.75) is 0 Å². The van der Waals surface area contributed by atoms with Gasteiger partial charge in [-0.2, -0.15) is 0 Å². The maximum atomic E-state index is 11.3. The van der Waals surface area contributed by atoms with Gasteiger partial charge in [0.25, 0.3) is 0 Å². The third-order valence-electron chi connectivity index (χ3n) is 3.28. The van der Waals surface area contributed by atoms with Crippen molar-refractivity contribution >= 4 is 11.7 Å². The molecule has 0 radical (unpaired) electrons. The van der Waals surface area contributed by atoms with Crippen LogP contribution < -0.4 is 9.64 Å². The molecule has 1 N–H and O–H groups in total. The number of ether oxygens (including phenoxy) is 1. The van der Waals surface area contributed by atoms with E-state index in [0.717, 1.165) is 31.9 Å². The zero-order valence-electron chi connectivity index (χ0n) is 10.7. The number of carboxylic acid groups (broad SMARTS) is 1. The number of anilines is 1. The highest BCUT2D eigenvalue weighted by atomic mass is 16.5. The quantitative estimate of drug-likeness (QED) is 0.872. The summed E-state index contributed by atoms with van der Waals surface area (Å²) in [5.74, 6) is -0.340. The molecule has 1 heterocycles. The van der Waals surface area contributed by atoms with Crippen molar-refractivity contribution in [1.82, 2.24) is 4.90 Å². The lowest BCUT2D eigenvalue weighted by atomic mass is 10.1. The number of piperazine rings is 1. The molecule has 1 saturated heterocycles. The van der Waals surface area contributed by atoms with Crippen molar-refractivity contribution < 1.29 is 14.6 Å². The van der Waals surface area contributed by atoms with Crippen molar-refractivity contribution in [2.75, 3.05) is 45.2 Å². The fraction of sp³-hybridized carbons (Fsp3) is 0.462. The molecule has 0 bridgehead atoms. The Morgan fingerprint density at radius 1 is 1.28 bits per heavy atom. The van der Waals surface area contributed by atoms with E-state index in [9.17, 15) is 9.90 Å². The normalized spacial score (nSPS) is 16.7. The molecule has 0 unspecified atom stereocenters. The highest BCUT2D eigenvalue weighted by Crippen LogP contribution is 2.26. The van der Waals surface area contributed by atoms with Gasteiger partial charge in [0.15, 0.2) is 0 Å². The summed E-state index contributed by atoms with van der Waals surface area (Å²) in [6.07, 6.45) is 0. The highest BCUT2D eigenvalue weighted by molar-refractivity contribution is 5.95. The van der Waals surface area contributed by atoms with E-state index in [1.54, 1.807) is 12.1 Å². The number of likely N-dealkylation sites (N-methyl/N-ethyl adjacent to an activating group) is 1. The fourth-order valence-electron chi connectivity index (χ4n) is 2.14. The molecule has 0 atom stereocenters. The third kappa shape index (κ3) is 2.56. The lowest BCUT2D eigenvalue weighted by Crippen LogP contribution is -2.45. The Hall–Kier alpha value is -1.75. The van der Waals surface area contributed by atoms with E-state index in [1.165, 1.54) is 7.11 Å². The lowest BCUT2D eigenvalue weighted by molar-refractivity contribution is 0.0697. The van der Waals surface area contributed by atoms with Gasteiger partial charge in [-0.15, -0.1) is 0 Å². The van der Waals surface area contributed by atoms with Crippen molar-refractivity contribution in [2.24, 2.45) is 0 Å². The summed E-state index contributed by atoms with van der Waals surface area (Å²) in [6.45, 7) is 3.60. The monoisotopic (exact) mass is 250 g/mol. The SMILES string of the molecule is COc1ccc(N2CCN(C)CC2)c(C(=O)O)c1. The van der Waals surface area contributed by atoms with Crippen LogP contribution in [0.4, 0.5) is 5.69 Å². The van der Waals surface area contributed by atoms with Gasteiger partial charge in [0, 0.05) is 26.2 Å². The summed E-state index contributed by atoms with van der Waals surface area (Å²) in [4.78, 5) is 15.7. The van der Waals surface area contributed by atoms with E-state index in [1.807, 2.05) is 6.07 Å². The van der Waals surface area contributed by atoms with Crippen molar-refractivity contribution in [3.05, 3.63) is 23.8 Å². The Morgan fingerprint density at radius 2 is 1.94 bits per heavy atom. The van der Waals surface area contributed by atoms with Gasteiger partial charge in [-0.3, -0.25) is 0 Å². The summed E-state index contributed by atoms with van der Waals surface area (Å²) >= 11 is 0. The minimum atomic E-state index is -0.914. The Kier molecular flexibility index (Phi) is 3.72. The predicted molar refractivity (Wildman–Crippen MR) is 69.7 cm³/mol. The van der Waals surface area contributed by atoms with Crippen LogP contribution in [0, 0.1) is 0 Å². The average molecular weight is 250 g/mol. The zero-order valence-corrected chi connectivity index (χ0v) is 10.7. The molecule has 0 aliphatic carbocycles. The van der Waals surface area contributed by atoms with E-state index in [0.29, 0.717) is 11.3 Å². The second-order valence-corrected chi connectivity index (χ2v) is 4.48. The van der Waals surface area contributed by atoms with Gasteiger partial charge in [0.1, 0.15) is 5.75 Å². The molecule has 5 nitrogen and oxygen atoms in total. The first kappa shape index (κ1) is 12.7. The molecule has 1 fully saturated rings. The van der Waals surface area contributed by atoms with Crippen LogP contribution in [-0.2, 0) is 0 Å². The van der Waals surface area contributed by atoms with Gasteiger partial charge in [-0.25, -0.2) is 4.79 Å². The minimum Gasteiger partial charge on any atom is -0.497 e. The van der Waals surface area contributed by atoms with Gasteiger partial charge < -0.3 is 19.6 Å². The topological polar surface area (TPSA) is 53.0 Å². The van der Waals surface area contributed by atoms with E-state index < -0.39 is 5.97 Å². The van der Waals surface area contributed by atoms with Crippen LogP contribution in [0.15, 0.2) is 18.2 Å². The maximum Gasteiger partial charge on any atom is 0.337 e. The molecular weight excluding hydrogens is 232 g/mol. The van der Waals surface area contributed by atoms with Crippen LogP contribution in [0.5, 0.6) is 5.75 Å². The largest absolute Gasteiger partial charge is 0.497 e. The first-order valence-electron chi connectivity index (χ1n) is 5.96. The van der Waals surface area contributed by atoms with Crippen molar-refractivity contribution in [1.29, 1.82) is 0 Å². The molecule has 98 valence electrons. The van der Waals surface area contributed by atoms with E-state index in [4.69, 9.17) is 4.74 Å². The summed E-state index contributed by atoms with van der Waals surface area (Å²) in [7, 11) is 3.61. The number of rotatable bonds is 3. The molecule has 0 saturated carbocycles. The summed E-state index contributed by atoms with van der Waals surface area (Å²) in [5, 5.41) is 9.28. The highest BCUT2D eigenvalue weighted by Gasteiger charge is 2.20.